The van der Waals surface area contributed by atoms with E-state index in [9.17, 15) is 4.79 Å². The SMILES string of the molecule is CCOC1CC(CC(=O)NC2(CBr)CCCC2)C1. The van der Waals surface area contributed by atoms with Crippen molar-refractivity contribution in [3.05, 3.63) is 0 Å². The van der Waals surface area contributed by atoms with Gasteiger partial charge in [0.25, 0.3) is 0 Å². The molecule has 0 radical (unpaired) electrons. The average molecular weight is 318 g/mol. The van der Waals surface area contributed by atoms with Crippen LogP contribution in [0.3, 0.4) is 0 Å². The summed E-state index contributed by atoms with van der Waals surface area (Å²) in [6, 6.07) is 0. The highest BCUT2D eigenvalue weighted by Crippen LogP contribution is 2.34. The number of hydrogen-bond donors (Lipinski definition) is 1. The van der Waals surface area contributed by atoms with Crippen molar-refractivity contribution in [3.63, 3.8) is 0 Å². The van der Waals surface area contributed by atoms with E-state index in [0.717, 1.165) is 37.6 Å². The summed E-state index contributed by atoms with van der Waals surface area (Å²) in [6.45, 7) is 2.82. The van der Waals surface area contributed by atoms with E-state index < -0.39 is 0 Å². The smallest absolute Gasteiger partial charge is 0.220 e. The van der Waals surface area contributed by atoms with Crippen LogP contribution >= 0.6 is 15.9 Å². The predicted octanol–water partition coefficient (Wildman–Crippen LogP) is 3.02. The second-order valence-corrected chi connectivity index (χ2v) is 6.35. The van der Waals surface area contributed by atoms with Crippen molar-refractivity contribution in [2.24, 2.45) is 5.92 Å². The summed E-state index contributed by atoms with van der Waals surface area (Å²) in [7, 11) is 0. The molecular formula is C14H24BrNO2. The van der Waals surface area contributed by atoms with E-state index >= 15 is 0 Å². The van der Waals surface area contributed by atoms with Crippen LogP contribution in [0.25, 0.3) is 0 Å². The van der Waals surface area contributed by atoms with Gasteiger partial charge < -0.3 is 10.1 Å². The number of halogens is 1. The van der Waals surface area contributed by atoms with Crippen LogP contribution < -0.4 is 5.32 Å². The van der Waals surface area contributed by atoms with E-state index in [1.54, 1.807) is 0 Å². The van der Waals surface area contributed by atoms with E-state index in [4.69, 9.17) is 4.74 Å². The molecular weight excluding hydrogens is 294 g/mol. The molecule has 0 aliphatic heterocycles. The molecule has 0 heterocycles. The van der Waals surface area contributed by atoms with Crippen LogP contribution in [-0.2, 0) is 9.53 Å². The van der Waals surface area contributed by atoms with Crippen LogP contribution in [0.15, 0.2) is 0 Å². The van der Waals surface area contributed by atoms with Crippen LogP contribution in [0.4, 0.5) is 0 Å². The number of alkyl halides is 1. The summed E-state index contributed by atoms with van der Waals surface area (Å²) in [5.74, 6) is 0.770. The second-order valence-electron chi connectivity index (χ2n) is 5.79. The molecule has 0 aromatic carbocycles. The fraction of sp³-hybridized carbons (Fsp3) is 0.929. The maximum Gasteiger partial charge on any atom is 0.220 e. The van der Waals surface area contributed by atoms with Gasteiger partial charge in [0, 0.05) is 23.9 Å². The minimum Gasteiger partial charge on any atom is -0.378 e. The molecule has 2 aliphatic carbocycles. The molecule has 0 aromatic rings. The highest BCUT2D eigenvalue weighted by molar-refractivity contribution is 9.09. The van der Waals surface area contributed by atoms with Crippen LogP contribution in [0.5, 0.6) is 0 Å². The quantitative estimate of drug-likeness (QED) is 0.765. The Morgan fingerprint density at radius 3 is 2.61 bits per heavy atom. The Labute approximate surface area is 118 Å². The van der Waals surface area contributed by atoms with Gasteiger partial charge in [0.2, 0.25) is 5.91 Å². The van der Waals surface area contributed by atoms with E-state index in [1.807, 2.05) is 6.92 Å². The largest absolute Gasteiger partial charge is 0.378 e. The zero-order valence-electron chi connectivity index (χ0n) is 11.2. The lowest BCUT2D eigenvalue weighted by Crippen LogP contribution is -2.49. The number of carbonyl (C=O) groups is 1. The number of hydrogen-bond acceptors (Lipinski definition) is 2. The van der Waals surface area contributed by atoms with E-state index in [1.165, 1.54) is 12.8 Å². The Hall–Kier alpha value is -0.0900. The van der Waals surface area contributed by atoms with Gasteiger partial charge in [0.15, 0.2) is 0 Å². The molecule has 1 amide bonds. The molecule has 3 nitrogen and oxygen atoms in total. The minimum atomic E-state index is 0.0418. The monoisotopic (exact) mass is 317 g/mol. The van der Waals surface area contributed by atoms with Gasteiger partial charge in [-0.2, -0.15) is 0 Å². The number of nitrogens with one attached hydrogen (secondary N) is 1. The molecule has 18 heavy (non-hydrogen) atoms. The molecule has 4 heteroatoms. The van der Waals surface area contributed by atoms with Gasteiger partial charge >= 0.3 is 0 Å². The van der Waals surface area contributed by atoms with Gasteiger partial charge in [-0.15, -0.1) is 0 Å². The van der Waals surface area contributed by atoms with Crippen molar-refractivity contribution in [1.29, 1.82) is 0 Å². The van der Waals surface area contributed by atoms with Crippen molar-refractivity contribution in [2.45, 2.75) is 63.5 Å². The molecule has 1 N–H and O–H groups in total. The molecule has 2 fully saturated rings. The zero-order valence-corrected chi connectivity index (χ0v) is 12.8. The fourth-order valence-electron chi connectivity index (χ4n) is 3.17. The molecule has 0 bridgehead atoms. The van der Waals surface area contributed by atoms with Crippen molar-refractivity contribution >= 4 is 21.8 Å². The lowest BCUT2D eigenvalue weighted by atomic mass is 9.79. The molecule has 2 aliphatic rings. The normalized spacial score (nSPS) is 29.9. The first-order valence-corrected chi connectivity index (χ1v) is 8.28. The van der Waals surface area contributed by atoms with E-state index in [-0.39, 0.29) is 11.4 Å². The first kappa shape index (κ1) is 14.3. The maximum absolute atomic E-state index is 12.1. The molecule has 0 unspecified atom stereocenters. The van der Waals surface area contributed by atoms with Gasteiger partial charge in [-0.1, -0.05) is 28.8 Å². The number of carbonyl (C=O) groups excluding carboxylic acids is 1. The van der Waals surface area contributed by atoms with Crippen molar-refractivity contribution < 1.29 is 9.53 Å². The molecule has 2 saturated carbocycles. The van der Waals surface area contributed by atoms with Gasteiger partial charge in [-0.05, 0) is 38.5 Å². The third-order valence-corrected chi connectivity index (χ3v) is 5.36. The lowest BCUT2D eigenvalue weighted by Gasteiger charge is -2.36. The number of rotatable bonds is 6. The average Bonchev–Trinajstić information content (AvgIpc) is 2.75. The Balaban J connectivity index is 1.69. The summed E-state index contributed by atoms with van der Waals surface area (Å²) in [6.07, 6.45) is 7.92. The molecule has 0 spiro atoms. The Bertz CT molecular complexity index is 284. The van der Waals surface area contributed by atoms with Crippen molar-refractivity contribution in [3.8, 4) is 0 Å². The summed E-state index contributed by atoms with van der Waals surface area (Å²) in [5, 5.41) is 4.15. The first-order chi connectivity index (χ1) is 8.67. The molecule has 104 valence electrons. The standard InChI is InChI=1S/C14H24BrNO2/c1-2-18-12-7-11(8-12)9-13(17)16-14(10-15)5-3-4-6-14/h11-12H,2-10H2,1H3,(H,16,17). The summed E-state index contributed by atoms with van der Waals surface area (Å²) in [5.41, 5.74) is 0.0418. The van der Waals surface area contributed by atoms with Gasteiger partial charge in [0.05, 0.1) is 6.10 Å². The third-order valence-electron chi connectivity index (χ3n) is 4.29. The highest BCUT2D eigenvalue weighted by Gasteiger charge is 2.36. The molecule has 0 aromatic heterocycles. The van der Waals surface area contributed by atoms with Crippen LogP contribution in [-0.4, -0.2) is 29.5 Å². The van der Waals surface area contributed by atoms with Crippen LogP contribution in [0, 0.1) is 5.92 Å². The number of ether oxygens (including phenoxy) is 1. The number of amides is 1. The van der Waals surface area contributed by atoms with Crippen molar-refractivity contribution in [1.82, 2.24) is 5.32 Å². The summed E-state index contributed by atoms with van der Waals surface area (Å²) >= 11 is 3.55. The zero-order chi connectivity index (χ0) is 13.0. The molecule has 0 atom stereocenters. The minimum absolute atomic E-state index is 0.0418. The van der Waals surface area contributed by atoms with Crippen molar-refractivity contribution in [2.75, 3.05) is 11.9 Å². The van der Waals surface area contributed by atoms with Gasteiger partial charge in [0.1, 0.15) is 0 Å². The topological polar surface area (TPSA) is 38.3 Å². The second kappa shape index (κ2) is 6.38. The predicted molar refractivity (Wildman–Crippen MR) is 75.9 cm³/mol. The van der Waals surface area contributed by atoms with E-state index in [2.05, 4.69) is 21.2 Å². The maximum atomic E-state index is 12.1. The first-order valence-electron chi connectivity index (χ1n) is 7.16. The molecule has 0 saturated heterocycles. The highest BCUT2D eigenvalue weighted by atomic mass is 79.9. The Kier molecular flexibility index (Phi) is 5.07. The van der Waals surface area contributed by atoms with Gasteiger partial charge in [-0.25, -0.2) is 0 Å². The fourth-order valence-corrected chi connectivity index (χ4v) is 3.87. The van der Waals surface area contributed by atoms with Gasteiger partial charge in [-0.3, -0.25) is 4.79 Å². The third kappa shape index (κ3) is 3.47. The van der Waals surface area contributed by atoms with Crippen LogP contribution in [0.1, 0.15) is 51.9 Å². The molecule has 2 rings (SSSR count). The Morgan fingerprint density at radius 2 is 2.06 bits per heavy atom. The van der Waals surface area contributed by atoms with Crippen LogP contribution in [0.2, 0.25) is 0 Å². The van der Waals surface area contributed by atoms with E-state index in [0.29, 0.717) is 18.4 Å². The summed E-state index contributed by atoms with van der Waals surface area (Å²) < 4.78 is 5.52. The lowest BCUT2D eigenvalue weighted by molar-refractivity contribution is -0.126. The summed E-state index contributed by atoms with van der Waals surface area (Å²) in [4.78, 5) is 12.1. The Morgan fingerprint density at radius 1 is 1.39 bits per heavy atom.